The molecule has 0 aliphatic carbocycles. The minimum Gasteiger partial charge on any atom is -0.464 e. The molecule has 0 spiro atoms. The molecule has 4 heteroatoms. The van der Waals surface area contributed by atoms with Crippen molar-refractivity contribution in [1.29, 1.82) is 0 Å². The minimum atomic E-state index is -0.489. The van der Waals surface area contributed by atoms with Gasteiger partial charge in [0, 0.05) is 11.1 Å². The van der Waals surface area contributed by atoms with E-state index in [1.807, 2.05) is 12.0 Å². The maximum absolute atomic E-state index is 12.1. The Bertz CT molecular complexity index is 310. The normalized spacial score (nSPS) is 23.3. The van der Waals surface area contributed by atoms with E-state index >= 15 is 0 Å². The Labute approximate surface area is 123 Å². The van der Waals surface area contributed by atoms with Gasteiger partial charge in [-0.05, 0) is 60.3 Å². The van der Waals surface area contributed by atoms with Crippen molar-refractivity contribution in [3.63, 3.8) is 0 Å². The van der Waals surface area contributed by atoms with Crippen LogP contribution in [0.15, 0.2) is 0 Å². The van der Waals surface area contributed by atoms with E-state index in [0.717, 1.165) is 19.3 Å². The van der Waals surface area contributed by atoms with E-state index < -0.39 is 6.10 Å². The van der Waals surface area contributed by atoms with Gasteiger partial charge >= 0.3 is 5.97 Å². The maximum Gasteiger partial charge on any atom is 0.337 e. The van der Waals surface area contributed by atoms with Gasteiger partial charge in [0.05, 0.1) is 6.61 Å². The zero-order chi connectivity index (χ0) is 15.4. The van der Waals surface area contributed by atoms with E-state index in [4.69, 9.17) is 9.57 Å². The third-order valence-electron chi connectivity index (χ3n) is 4.01. The lowest BCUT2D eigenvalue weighted by Crippen LogP contribution is -2.60. The molecule has 1 rings (SSSR count). The smallest absolute Gasteiger partial charge is 0.337 e. The molecule has 0 N–H and O–H groups in total. The number of hydrogen-bond donors (Lipinski definition) is 0. The molecular formula is C16H31NO3. The molecule has 0 aromatic carbocycles. The molecule has 1 aliphatic heterocycles. The van der Waals surface area contributed by atoms with Crippen LogP contribution in [0.25, 0.3) is 0 Å². The van der Waals surface area contributed by atoms with Crippen LogP contribution in [0.1, 0.15) is 73.6 Å². The van der Waals surface area contributed by atoms with Gasteiger partial charge < -0.3 is 4.74 Å². The summed E-state index contributed by atoms with van der Waals surface area (Å²) < 4.78 is 5.14. The first-order chi connectivity index (χ1) is 9.24. The lowest BCUT2D eigenvalue weighted by atomic mass is 9.82. The Hall–Kier alpha value is -0.610. The third kappa shape index (κ3) is 4.19. The minimum absolute atomic E-state index is 0.0553. The van der Waals surface area contributed by atoms with E-state index in [1.165, 1.54) is 6.42 Å². The van der Waals surface area contributed by atoms with Gasteiger partial charge in [-0.25, -0.2) is 4.79 Å². The van der Waals surface area contributed by atoms with E-state index in [0.29, 0.717) is 13.0 Å². The lowest BCUT2D eigenvalue weighted by molar-refractivity contribution is -0.303. The molecule has 1 atom stereocenters. The number of piperidine rings is 1. The molecule has 20 heavy (non-hydrogen) atoms. The Kier molecular flexibility index (Phi) is 6.02. The van der Waals surface area contributed by atoms with Crippen LogP contribution in [0.2, 0.25) is 0 Å². The highest BCUT2D eigenvalue weighted by atomic mass is 16.7. The fourth-order valence-corrected chi connectivity index (χ4v) is 3.10. The summed E-state index contributed by atoms with van der Waals surface area (Å²) in [6.07, 6.45) is 4.46. The SMILES string of the molecule is CCCC(ON1C(C)(C)CCCC1(C)C)C(=O)OCC. The second-order valence-corrected chi connectivity index (χ2v) is 6.91. The Morgan fingerprint density at radius 1 is 1.15 bits per heavy atom. The maximum atomic E-state index is 12.1. The van der Waals surface area contributed by atoms with Gasteiger partial charge in [0.25, 0.3) is 0 Å². The fourth-order valence-electron chi connectivity index (χ4n) is 3.10. The van der Waals surface area contributed by atoms with Crippen molar-refractivity contribution in [3.8, 4) is 0 Å². The summed E-state index contributed by atoms with van der Waals surface area (Å²) in [7, 11) is 0. The number of carbonyl (C=O) groups excluding carboxylic acids is 1. The zero-order valence-corrected chi connectivity index (χ0v) is 14.0. The van der Waals surface area contributed by atoms with Crippen molar-refractivity contribution in [2.75, 3.05) is 6.61 Å². The number of nitrogens with zero attached hydrogens (tertiary/aromatic N) is 1. The molecule has 1 heterocycles. The van der Waals surface area contributed by atoms with Gasteiger partial charge in [-0.2, -0.15) is 5.06 Å². The number of hydrogen-bond acceptors (Lipinski definition) is 4. The molecule has 0 aromatic heterocycles. The molecule has 4 nitrogen and oxygen atoms in total. The van der Waals surface area contributed by atoms with Crippen LogP contribution < -0.4 is 0 Å². The standard InChI is InChI=1S/C16H31NO3/c1-7-10-13(14(18)19-8-2)20-17-15(3,4)11-9-12-16(17,5)6/h13H,7-12H2,1-6H3. The molecule has 0 radical (unpaired) electrons. The van der Waals surface area contributed by atoms with E-state index in [1.54, 1.807) is 0 Å². The molecular weight excluding hydrogens is 254 g/mol. The third-order valence-corrected chi connectivity index (χ3v) is 4.01. The molecule has 1 unspecified atom stereocenters. The molecule has 1 saturated heterocycles. The first kappa shape index (κ1) is 17.4. The van der Waals surface area contributed by atoms with Gasteiger partial charge in [-0.15, -0.1) is 0 Å². The van der Waals surface area contributed by atoms with Crippen molar-refractivity contribution in [3.05, 3.63) is 0 Å². The first-order valence-electron chi connectivity index (χ1n) is 7.88. The van der Waals surface area contributed by atoms with Gasteiger partial charge in [0.15, 0.2) is 6.10 Å². The van der Waals surface area contributed by atoms with E-state index in [-0.39, 0.29) is 17.0 Å². The van der Waals surface area contributed by atoms with Crippen molar-refractivity contribution < 1.29 is 14.4 Å². The average molecular weight is 285 g/mol. The Morgan fingerprint density at radius 3 is 2.15 bits per heavy atom. The van der Waals surface area contributed by atoms with Crippen molar-refractivity contribution in [2.24, 2.45) is 0 Å². The molecule has 118 valence electrons. The van der Waals surface area contributed by atoms with Crippen molar-refractivity contribution >= 4 is 5.97 Å². The fraction of sp³-hybridized carbons (Fsp3) is 0.938. The molecule has 0 aromatic rings. The number of rotatable bonds is 6. The van der Waals surface area contributed by atoms with Gasteiger partial charge in [0.2, 0.25) is 0 Å². The van der Waals surface area contributed by atoms with Gasteiger partial charge in [0.1, 0.15) is 0 Å². The Morgan fingerprint density at radius 2 is 1.70 bits per heavy atom. The van der Waals surface area contributed by atoms with E-state index in [9.17, 15) is 4.79 Å². The molecule has 0 saturated carbocycles. The van der Waals surface area contributed by atoms with Crippen LogP contribution >= 0.6 is 0 Å². The molecule has 1 aliphatic rings. The lowest BCUT2D eigenvalue weighted by Gasteiger charge is -2.52. The summed E-state index contributed by atoms with van der Waals surface area (Å²) in [6, 6.07) is 0. The van der Waals surface area contributed by atoms with Crippen LogP contribution in [0, 0.1) is 0 Å². The Balaban J connectivity index is 2.85. The van der Waals surface area contributed by atoms with Gasteiger partial charge in [-0.1, -0.05) is 13.3 Å². The highest BCUT2D eigenvalue weighted by Gasteiger charge is 2.44. The summed E-state index contributed by atoms with van der Waals surface area (Å²) in [5.41, 5.74) is -0.111. The summed E-state index contributed by atoms with van der Waals surface area (Å²) in [6.45, 7) is 13.0. The first-order valence-corrected chi connectivity index (χ1v) is 7.88. The number of ether oxygens (including phenoxy) is 1. The van der Waals surface area contributed by atoms with Crippen LogP contribution in [-0.4, -0.2) is 34.8 Å². The van der Waals surface area contributed by atoms with Crippen LogP contribution in [0.4, 0.5) is 0 Å². The molecule has 0 amide bonds. The van der Waals surface area contributed by atoms with Crippen LogP contribution in [0.5, 0.6) is 0 Å². The second kappa shape index (κ2) is 6.90. The topological polar surface area (TPSA) is 38.8 Å². The monoisotopic (exact) mass is 285 g/mol. The van der Waals surface area contributed by atoms with E-state index in [2.05, 4.69) is 34.6 Å². The van der Waals surface area contributed by atoms with Crippen LogP contribution in [0.3, 0.4) is 0 Å². The highest BCUT2D eigenvalue weighted by Crippen LogP contribution is 2.39. The quantitative estimate of drug-likeness (QED) is 0.698. The number of hydroxylamine groups is 2. The summed E-state index contributed by atoms with van der Waals surface area (Å²) >= 11 is 0. The second-order valence-electron chi connectivity index (χ2n) is 6.91. The molecule has 0 bridgehead atoms. The predicted molar refractivity (Wildman–Crippen MR) is 80.3 cm³/mol. The highest BCUT2D eigenvalue weighted by molar-refractivity contribution is 5.74. The van der Waals surface area contributed by atoms with Crippen LogP contribution in [-0.2, 0) is 14.4 Å². The predicted octanol–water partition coefficient (Wildman–Crippen LogP) is 3.69. The number of carbonyl (C=O) groups is 1. The summed E-state index contributed by atoms with van der Waals surface area (Å²) in [4.78, 5) is 18.2. The molecule has 1 fully saturated rings. The largest absolute Gasteiger partial charge is 0.464 e. The van der Waals surface area contributed by atoms with Crippen molar-refractivity contribution in [1.82, 2.24) is 5.06 Å². The summed E-state index contributed by atoms with van der Waals surface area (Å²) in [5, 5.41) is 2.04. The summed E-state index contributed by atoms with van der Waals surface area (Å²) in [5.74, 6) is -0.244. The van der Waals surface area contributed by atoms with Crippen molar-refractivity contribution in [2.45, 2.75) is 90.8 Å². The van der Waals surface area contributed by atoms with Gasteiger partial charge in [-0.3, -0.25) is 4.84 Å². The number of esters is 1. The zero-order valence-electron chi connectivity index (χ0n) is 14.0. The average Bonchev–Trinajstić information content (AvgIpc) is 2.32.